The summed E-state index contributed by atoms with van der Waals surface area (Å²) in [4.78, 5) is 17.3. The molecule has 1 heterocycles. The minimum Gasteiger partial charge on any atom is -0.349 e. The summed E-state index contributed by atoms with van der Waals surface area (Å²) in [6, 6.07) is 0. The van der Waals surface area contributed by atoms with E-state index in [1.165, 1.54) is 4.88 Å². The van der Waals surface area contributed by atoms with Crippen LogP contribution in [0.5, 0.6) is 0 Å². The Hall–Kier alpha value is -0.940. The topological polar surface area (TPSA) is 54.0 Å². The van der Waals surface area contributed by atoms with E-state index in [-0.39, 0.29) is 11.8 Å². The maximum absolute atomic E-state index is 11.7. The fourth-order valence-electron chi connectivity index (χ4n) is 1.38. The van der Waals surface area contributed by atoms with E-state index in [1.807, 2.05) is 20.0 Å². The number of rotatable bonds is 7. The van der Waals surface area contributed by atoms with Crippen LogP contribution in [0.25, 0.3) is 0 Å². The van der Waals surface area contributed by atoms with Crippen LogP contribution in [0.1, 0.15) is 30.7 Å². The lowest BCUT2D eigenvalue weighted by Crippen LogP contribution is -2.34. The first-order chi connectivity index (χ1) is 8.17. The number of carbonyl (C=O) groups is 1. The van der Waals surface area contributed by atoms with Gasteiger partial charge in [0.05, 0.1) is 6.54 Å². The largest absolute Gasteiger partial charge is 0.349 e. The molecular weight excluding hydrogens is 234 g/mol. The van der Waals surface area contributed by atoms with Gasteiger partial charge in [-0.3, -0.25) is 4.79 Å². The van der Waals surface area contributed by atoms with Gasteiger partial charge in [0, 0.05) is 23.5 Å². The smallest absolute Gasteiger partial charge is 0.224 e. The molecule has 0 aliphatic heterocycles. The zero-order valence-electron chi connectivity index (χ0n) is 10.7. The zero-order valence-corrected chi connectivity index (χ0v) is 11.6. The van der Waals surface area contributed by atoms with Gasteiger partial charge in [-0.05, 0) is 13.0 Å². The van der Waals surface area contributed by atoms with E-state index < -0.39 is 0 Å². The highest BCUT2D eigenvalue weighted by Crippen LogP contribution is 2.12. The van der Waals surface area contributed by atoms with Crippen LogP contribution >= 0.6 is 11.3 Å². The van der Waals surface area contributed by atoms with Crippen molar-refractivity contribution in [1.82, 2.24) is 15.6 Å². The molecule has 1 atom stereocenters. The average molecular weight is 255 g/mol. The second kappa shape index (κ2) is 7.40. The van der Waals surface area contributed by atoms with E-state index in [2.05, 4.69) is 22.5 Å². The van der Waals surface area contributed by atoms with E-state index in [1.54, 1.807) is 11.3 Å². The second-order valence-electron chi connectivity index (χ2n) is 4.00. The SMILES string of the molecule is CCNCC(C)C(=O)NCc1ncc(CC)s1. The highest BCUT2D eigenvalue weighted by molar-refractivity contribution is 7.11. The molecule has 96 valence electrons. The predicted octanol–water partition coefficient (Wildman–Crippen LogP) is 1.57. The Bertz CT molecular complexity index is 351. The number of nitrogens with zero attached hydrogens (tertiary/aromatic N) is 1. The summed E-state index contributed by atoms with van der Waals surface area (Å²) in [6.45, 7) is 8.22. The first-order valence-electron chi connectivity index (χ1n) is 6.09. The summed E-state index contributed by atoms with van der Waals surface area (Å²) in [5, 5.41) is 7.06. The molecule has 0 fully saturated rings. The van der Waals surface area contributed by atoms with E-state index in [0.29, 0.717) is 6.54 Å². The molecule has 0 aromatic carbocycles. The number of hydrogen-bond acceptors (Lipinski definition) is 4. The van der Waals surface area contributed by atoms with Gasteiger partial charge in [0.2, 0.25) is 5.91 Å². The van der Waals surface area contributed by atoms with E-state index >= 15 is 0 Å². The monoisotopic (exact) mass is 255 g/mol. The van der Waals surface area contributed by atoms with Gasteiger partial charge in [0.1, 0.15) is 5.01 Å². The van der Waals surface area contributed by atoms with E-state index in [9.17, 15) is 4.79 Å². The quantitative estimate of drug-likeness (QED) is 0.777. The lowest BCUT2D eigenvalue weighted by Gasteiger charge is -2.11. The van der Waals surface area contributed by atoms with Gasteiger partial charge in [0.25, 0.3) is 0 Å². The fraction of sp³-hybridized carbons (Fsp3) is 0.667. The highest BCUT2D eigenvalue weighted by Gasteiger charge is 2.12. The lowest BCUT2D eigenvalue weighted by atomic mass is 10.1. The normalized spacial score (nSPS) is 12.4. The van der Waals surface area contributed by atoms with Gasteiger partial charge in [-0.1, -0.05) is 20.8 Å². The molecule has 0 aliphatic carbocycles. The molecule has 1 aromatic heterocycles. The lowest BCUT2D eigenvalue weighted by molar-refractivity contribution is -0.124. The van der Waals surface area contributed by atoms with Crippen molar-refractivity contribution in [3.05, 3.63) is 16.1 Å². The maximum atomic E-state index is 11.7. The molecule has 0 spiro atoms. The molecule has 17 heavy (non-hydrogen) atoms. The molecule has 5 heteroatoms. The fourth-order valence-corrected chi connectivity index (χ4v) is 2.19. The number of hydrogen-bond donors (Lipinski definition) is 2. The molecule has 4 nitrogen and oxygen atoms in total. The molecule has 1 unspecified atom stereocenters. The number of carbonyl (C=O) groups excluding carboxylic acids is 1. The Balaban J connectivity index is 2.32. The second-order valence-corrected chi connectivity index (χ2v) is 5.20. The van der Waals surface area contributed by atoms with Crippen molar-refractivity contribution < 1.29 is 4.79 Å². The summed E-state index contributed by atoms with van der Waals surface area (Å²) < 4.78 is 0. The molecule has 0 radical (unpaired) electrons. The molecule has 0 saturated carbocycles. The number of nitrogens with one attached hydrogen (secondary N) is 2. The zero-order chi connectivity index (χ0) is 12.7. The van der Waals surface area contributed by atoms with Crippen molar-refractivity contribution in [2.24, 2.45) is 5.92 Å². The third-order valence-electron chi connectivity index (χ3n) is 2.51. The summed E-state index contributed by atoms with van der Waals surface area (Å²) in [5.41, 5.74) is 0. The van der Waals surface area contributed by atoms with Crippen LogP contribution < -0.4 is 10.6 Å². The summed E-state index contributed by atoms with van der Waals surface area (Å²) in [5.74, 6) is 0.0831. The van der Waals surface area contributed by atoms with Gasteiger partial charge in [-0.2, -0.15) is 0 Å². The highest BCUT2D eigenvalue weighted by atomic mass is 32.1. The standard InChI is InChI=1S/C12H21N3OS/c1-4-10-7-14-11(17-10)8-15-12(16)9(3)6-13-5-2/h7,9,13H,4-6,8H2,1-3H3,(H,15,16). The molecule has 1 amide bonds. The first-order valence-corrected chi connectivity index (χ1v) is 6.91. The van der Waals surface area contributed by atoms with E-state index in [0.717, 1.165) is 24.5 Å². The number of amides is 1. The van der Waals surface area contributed by atoms with Crippen molar-refractivity contribution in [2.45, 2.75) is 33.7 Å². The van der Waals surface area contributed by atoms with Gasteiger partial charge < -0.3 is 10.6 Å². The third-order valence-corrected chi connectivity index (χ3v) is 3.65. The van der Waals surface area contributed by atoms with Gasteiger partial charge in [-0.25, -0.2) is 4.98 Å². The van der Waals surface area contributed by atoms with Crippen LogP contribution in [0.4, 0.5) is 0 Å². The van der Waals surface area contributed by atoms with Crippen molar-refractivity contribution in [1.29, 1.82) is 0 Å². The van der Waals surface area contributed by atoms with Crippen LogP contribution in [0.3, 0.4) is 0 Å². The van der Waals surface area contributed by atoms with Gasteiger partial charge >= 0.3 is 0 Å². The Labute approximate surface area is 107 Å². The number of aromatic nitrogens is 1. The third kappa shape index (κ3) is 4.83. The molecule has 1 aromatic rings. The molecule has 0 bridgehead atoms. The summed E-state index contributed by atoms with van der Waals surface area (Å²) in [7, 11) is 0. The molecule has 2 N–H and O–H groups in total. The van der Waals surface area contributed by atoms with Crippen LogP contribution in [-0.4, -0.2) is 24.0 Å². The Morgan fingerprint density at radius 1 is 1.53 bits per heavy atom. The summed E-state index contributed by atoms with van der Waals surface area (Å²) in [6.07, 6.45) is 2.89. The van der Waals surface area contributed by atoms with Crippen molar-refractivity contribution in [3.8, 4) is 0 Å². The minimum atomic E-state index is 0.000516. The molecular formula is C12H21N3OS. The van der Waals surface area contributed by atoms with Crippen molar-refractivity contribution >= 4 is 17.2 Å². The van der Waals surface area contributed by atoms with Gasteiger partial charge in [0.15, 0.2) is 0 Å². The van der Waals surface area contributed by atoms with Crippen molar-refractivity contribution in [3.63, 3.8) is 0 Å². The van der Waals surface area contributed by atoms with Gasteiger partial charge in [-0.15, -0.1) is 11.3 Å². The average Bonchev–Trinajstić information content (AvgIpc) is 2.80. The Morgan fingerprint density at radius 3 is 2.88 bits per heavy atom. The summed E-state index contributed by atoms with van der Waals surface area (Å²) >= 11 is 1.66. The molecule has 0 saturated heterocycles. The van der Waals surface area contributed by atoms with Crippen LogP contribution in [0, 0.1) is 5.92 Å². The Kier molecular flexibility index (Phi) is 6.15. The maximum Gasteiger partial charge on any atom is 0.224 e. The van der Waals surface area contributed by atoms with Crippen LogP contribution in [0.15, 0.2) is 6.20 Å². The minimum absolute atomic E-state index is 0.000516. The first kappa shape index (κ1) is 14.1. The van der Waals surface area contributed by atoms with Crippen molar-refractivity contribution in [2.75, 3.05) is 13.1 Å². The molecule has 0 aliphatic rings. The van der Waals surface area contributed by atoms with E-state index in [4.69, 9.17) is 0 Å². The van der Waals surface area contributed by atoms with Crippen LogP contribution in [0.2, 0.25) is 0 Å². The number of thiazole rings is 1. The number of aryl methyl sites for hydroxylation is 1. The Morgan fingerprint density at radius 2 is 2.29 bits per heavy atom. The predicted molar refractivity (Wildman–Crippen MR) is 71.0 cm³/mol. The molecule has 1 rings (SSSR count). The van der Waals surface area contributed by atoms with Crippen LogP contribution in [-0.2, 0) is 17.8 Å².